The van der Waals surface area contributed by atoms with Crippen molar-refractivity contribution in [1.82, 2.24) is 30.0 Å². The van der Waals surface area contributed by atoms with Crippen molar-refractivity contribution in [2.24, 2.45) is 5.92 Å². The molecule has 0 spiro atoms. The summed E-state index contributed by atoms with van der Waals surface area (Å²) in [4.78, 5) is 39.8. The Labute approximate surface area is 184 Å². The smallest absolute Gasteiger partial charge is 0.256 e. The van der Waals surface area contributed by atoms with Crippen molar-refractivity contribution >= 4 is 35.0 Å². The van der Waals surface area contributed by atoms with E-state index in [9.17, 15) is 9.59 Å². The number of carbonyl (C=O) groups is 2. The summed E-state index contributed by atoms with van der Waals surface area (Å²) in [5.74, 6) is 1.59. The second kappa shape index (κ2) is 7.59. The van der Waals surface area contributed by atoms with Gasteiger partial charge in [0.05, 0.1) is 23.6 Å². The molecule has 1 aliphatic heterocycles. The van der Waals surface area contributed by atoms with Crippen molar-refractivity contribution in [3.63, 3.8) is 0 Å². The first kappa shape index (κ1) is 19.9. The predicted octanol–water partition coefficient (Wildman–Crippen LogP) is 1.77. The number of nitrogens with zero attached hydrogens (tertiary/aromatic N) is 6. The van der Waals surface area contributed by atoms with Gasteiger partial charge < -0.3 is 15.5 Å². The van der Waals surface area contributed by atoms with Crippen LogP contribution in [-0.4, -0.2) is 50.6 Å². The number of aromatic nitrogens is 5. The standard InChI is InChI=1S/C21H23N9O2/c1-11-24-16-10-29(3)17-14(5-4-6-15(17)30(16)28-11)25-18-13(20(32)22-2)9-23-21(26-18)27-19(31)12-7-8-12/h4-6,9,12H,7-8,10H2,1-3H3,(H,22,32)(H2,23,25,26,27,31). The fraction of sp³-hybridized carbons (Fsp3) is 0.333. The molecule has 11 heteroatoms. The third-order valence-corrected chi connectivity index (χ3v) is 5.48. The number of aryl methyl sites for hydroxylation is 1. The van der Waals surface area contributed by atoms with Crippen LogP contribution in [0.15, 0.2) is 24.4 Å². The molecular weight excluding hydrogens is 410 g/mol. The maximum absolute atomic E-state index is 12.4. The monoisotopic (exact) mass is 433 g/mol. The predicted molar refractivity (Wildman–Crippen MR) is 118 cm³/mol. The highest BCUT2D eigenvalue weighted by Crippen LogP contribution is 2.38. The molecule has 0 atom stereocenters. The molecule has 0 bridgehead atoms. The van der Waals surface area contributed by atoms with Crippen LogP contribution in [0.1, 0.15) is 34.8 Å². The average Bonchev–Trinajstić information content (AvgIpc) is 3.56. The van der Waals surface area contributed by atoms with Gasteiger partial charge in [0.1, 0.15) is 17.2 Å². The van der Waals surface area contributed by atoms with Crippen LogP contribution in [0, 0.1) is 12.8 Å². The van der Waals surface area contributed by atoms with Gasteiger partial charge in [-0.15, -0.1) is 0 Å². The van der Waals surface area contributed by atoms with Gasteiger partial charge in [0.2, 0.25) is 11.9 Å². The highest BCUT2D eigenvalue weighted by Gasteiger charge is 2.30. The molecule has 3 N–H and O–H groups in total. The van der Waals surface area contributed by atoms with Gasteiger partial charge in [0.15, 0.2) is 5.82 Å². The van der Waals surface area contributed by atoms with Gasteiger partial charge >= 0.3 is 0 Å². The molecule has 164 valence electrons. The van der Waals surface area contributed by atoms with E-state index >= 15 is 0 Å². The zero-order chi connectivity index (χ0) is 22.4. The maximum atomic E-state index is 12.4. The fourth-order valence-corrected chi connectivity index (χ4v) is 3.77. The lowest BCUT2D eigenvalue weighted by molar-refractivity contribution is -0.117. The van der Waals surface area contributed by atoms with Crippen LogP contribution in [-0.2, 0) is 11.3 Å². The van der Waals surface area contributed by atoms with Crippen LogP contribution in [0.25, 0.3) is 5.69 Å². The van der Waals surface area contributed by atoms with Gasteiger partial charge in [-0.05, 0) is 31.9 Å². The number of amides is 2. The Hall–Kier alpha value is -4.02. The number of nitrogens with one attached hydrogen (secondary N) is 3. The van der Waals surface area contributed by atoms with Crippen molar-refractivity contribution in [3.05, 3.63) is 41.6 Å². The molecule has 2 aromatic heterocycles. The van der Waals surface area contributed by atoms with Gasteiger partial charge in [-0.2, -0.15) is 10.1 Å². The number of rotatable bonds is 5. The molecule has 11 nitrogen and oxygen atoms in total. The zero-order valence-electron chi connectivity index (χ0n) is 18.0. The van der Waals surface area contributed by atoms with Crippen LogP contribution in [0.4, 0.5) is 23.1 Å². The van der Waals surface area contributed by atoms with E-state index < -0.39 is 0 Å². The molecule has 0 radical (unpaired) electrons. The lowest BCUT2D eigenvalue weighted by Crippen LogP contribution is -2.27. The summed E-state index contributed by atoms with van der Waals surface area (Å²) in [5.41, 5.74) is 2.78. The second-order valence-corrected chi connectivity index (χ2v) is 7.94. The van der Waals surface area contributed by atoms with E-state index in [0.717, 1.165) is 35.7 Å². The van der Waals surface area contributed by atoms with Gasteiger partial charge in [-0.3, -0.25) is 14.9 Å². The minimum atomic E-state index is -0.333. The molecule has 1 fully saturated rings. The van der Waals surface area contributed by atoms with Crippen molar-refractivity contribution in [2.45, 2.75) is 26.3 Å². The molecule has 2 aliphatic rings. The van der Waals surface area contributed by atoms with E-state index in [0.29, 0.717) is 18.2 Å². The Morgan fingerprint density at radius 2 is 2.00 bits per heavy atom. The molecule has 3 heterocycles. The van der Waals surface area contributed by atoms with Gasteiger partial charge in [-0.1, -0.05) is 6.07 Å². The number of carbonyl (C=O) groups excluding carboxylic acids is 2. The number of hydrogen-bond donors (Lipinski definition) is 3. The SMILES string of the molecule is CNC(=O)c1cnc(NC(=O)C2CC2)nc1Nc1cccc2c1N(C)Cc1nc(C)nn1-2. The van der Waals surface area contributed by atoms with Gasteiger partial charge in [0.25, 0.3) is 5.91 Å². The quantitative estimate of drug-likeness (QED) is 0.555. The highest BCUT2D eigenvalue weighted by atomic mass is 16.2. The Morgan fingerprint density at radius 3 is 2.75 bits per heavy atom. The summed E-state index contributed by atoms with van der Waals surface area (Å²) in [6.45, 7) is 2.45. The topological polar surface area (TPSA) is 130 Å². The summed E-state index contributed by atoms with van der Waals surface area (Å²) in [6, 6.07) is 5.77. The zero-order valence-corrected chi connectivity index (χ0v) is 18.0. The Bertz CT molecular complexity index is 1230. The third-order valence-electron chi connectivity index (χ3n) is 5.48. The molecule has 2 amide bonds. The molecule has 1 aromatic carbocycles. The molecule has 0 unspecified atom stereocenters. The van der Waals surface area contributed by atoms with E-state index in [-0.39, 0.29) is 29.2 Å². The highest BCUT2D eigenvalue weighted by molar-refractivity contribution is 6.00. The van der Waals surface area contributed by atoms with Crippen LogP contribution in [0.3, 0.4) is 0 Å². The summed E-state index contributed by atoms with van der Waals surface area (Å²) < 4.78 is 1.83. The first-order valence-electron chi connectivity index (χ1n) is 10.4. The van der Waals surface area contributed by atoms with Crippen LogP contribution < -0.4 is 20.9 Å². The van der Waals surface area contributed by atoms with Crippen molar-refractivity contribution in [2.75, 3.05) is 29.6 Å². The van der Waals surface area contributed by atoms with Crippen LogP contribution in [0.2, 0.25) is 0 Å². The Morgan fingerprint density at radius 1 is 1.19 bits per heavy atom. The average molecular weight is 433 g/mol. The minimum Gasteiger partial charge on any atom is -0.364 e. The van der Waals surface area contributed by atoms with E-state index in [1.165, 1.54) is 6.20 Å². The summed E-state index contributed by atoms with van der Waals surface area (Å²) in [5, 5.41) is 13.1. The first-order valence-corrected chi connectivity index (χ1v) is 10.4. The molecule has 0 saturated heterocycles. The van der Waals surface area contributed by atoms with Crippen molar-refractivity contribution < 1.29 is 9.59 Å². The molecular formula is C21H23N9O2. The summed E-state index contributed by atoms with van der Waals surface area (Å²) in [7, 11) is 3.51. The number of fused-ring (bicyclic) bond motifs is 3. The van der Waals surface area contributed by atoms with Gasteiger partial charge in [-0.25, -0.2) is 14.6 Å². The number of para-hydroxylation sites is 1. The minimum absolute atomic E-state index is 0.0174. The second-order valence-electron chi connectivity index (χ2n) is 7.94. The van der Waals surface area contributed by atoms with Crippen LogP contribution in [0.5, 0.6) is 0 Å². The van der Waals surface area contributed by atoms with Crippen molar-refractivity contribution in [3.8, 4) is 5.69 Å². The molecule has 1 saturated carbocycles. The van der Waals surface area contributed by atoms with E-state index in [2.05, 4.69) is 40.9 Å². The Balaban J connectivity index is 1.55. The lowest BCUT2D eigenvalue weighted by atomic mass is 10.1. The largest absolute Gasteiger partial charge is 0.364 e. The third kappa shape index (κ3) is 3.51. The fourth-order valence-electron chi connectivity index (χ4n) is 3.77. The lowest BCUT2D eigenvalue weighted by Gasteiger charge is -2.29. The number of anilines is 4. The van der Waals surface area contributed by atoms with E-state index in [4.69, 9.17) is 0 Å². The van der Waals surface area contributed by atoms with Gasteiger partial charge in [0, 0.05) is 26.2 Å². The van der Waals surface area contributed by atoms with E-state index in [1.807, 2.05) is 36.9 Å². The Kier molecular flexibility index (Phi) is 4.72. The van der Waals surface area contributed by atoms with Crippen LogP contribution >= 0.6 is 0 Å². The molecule has 5 rings (SSSR count). The van der Waals surface area contributed by atoms with Crippen molar-refractivity contribution in [1.29, 1.82) is 0 Å². The maximum Gasteiger partial charge on any atom is 0.256 e. The number of hydrogen-bond acceptors (Lipinski definition) is 8. The summed E-state index contributed by atoms with van der Waals surface area (Å²) >= 11 is 0. The normalized spacial score (nSPS) is 14.4. The molecule has 1 aliphatic carbocycles. The van der Waals surface area contributed by atoms with E-state index in [1.54, 1.807) is 7.05 Å². The number of benzene rings is 1. The molecule has 3 aromatic rings. The summed E-state index contributed by atoms with van der Waals surface area (Å²) in [6.07, 6.45) is 3.16. The first-order chi connectivity index (χ1) is 15.4. The molecule has 32 heavy (non-hydrogen) atoms.